The number of rotatable bonds is 5. The molecule has 3 aromatic rings. The summed E-state index contributed by atoms with van der Waals surface area (Å²) in [4.78, 5) is 16.5. The number of aromatic nitrogens is 3. The van der Waals surface area contributed by atoms with Crippen molar-refractivity contribution in [2.45, 2.75) is 13.8 Å². The predicted octanol–water partition coefficient (Wildman–Crippen LogP) is 2.77. The third-order valence-corrected chi connectivity index (χ3v) is 3.58. The van der Waals surface area contributed by atoms with Gasteiger partial charge in [-0.05, 0) is 49.2 Å². The Kier molecular flexibility index (Phi) is 4.94. The van der Waals surface area contributed by atoms with E-state index >= 15 is 0 Å². The number of hydrogen-bond donors (Lipinski definition) is 1. The van der Waals surface area contributed by atoms with Gasteiger partial charge >= 0.3 is 0 Å². The van der Waals surface area contributed by atoms with Gasteiger partial charge in [-0.1, -0.05) is 12.1 Å². The summed E-state index contributed by atoms with van der Waals surface area (Å²) in [5.74, 6) is 0.995. The van der Waals surface area contributed by atoms with Crippen molar-refractivity contribution in [1.29, 1.82) is 5.26 Å². The topological polar surface area (TPSA) is 92.8 Å². The number of anilines is 1. The van der Waals surface area contributed by atoms with Crippen LogP contribution in [-0.2, 0) is 4.79 Å². The van der Waals surface area contributed by atoms with Crippen molar-refractivity contribution in [1.82, 2.24) is 14.8 Å². The monoisotopic (exact) mass is 347 g/mol. The molecule has 7 nitrogen and oxygen atoms in total. The van der Waals surface area contributed by atoms with Crippen LogP contribution in [0.3, 0.4) is 0 Å². The lowest BCUT2D eigenvalue weighted by Crippen LogP contribution is -2.22. The number of benzene rings is 1. The van der Waals surface area contributed by atoms with Gasteiger partial charge in [0.2, 0.25) is 0 Å². The van der Waals surface area contributed by atoms with Gasteiger partial charge in [0.15, 0.2) is 18.2 Å². The predicted molar refractivity (Wildman–Crippen MR) is 96.1 cm³/mol. The van der Waals surface area contributed by atoms with Crippen LogP contribution in [0.2, 0.25) is 0 Å². The molecule has 0 saturated heterocycles. The highest BCUT2D eigenvalue weighted by Crippen LogP contribution is 2.19. The molecule has 0 atom stereocenters. The van der Waals surface area contributed by atoms with Gasteiger partial charge < -0.3 is 10.1 Å². The number of nitrogens with zero attached hydrogens (tertiary/aromatic N) is 4. The van der Waals surface area contributed by atoms with E-state index in [-0.39, 0.29) is 18.0 Å². The molecule has 3 rings (SSSR count). The number of carbonyl (C=O) groups excluding carboxylic acids is 1. The Balaban J connectivity index is 1.75. The van der Waals surface area contributed by atoms with Gasteiger partial charge in [-0.25, -0.2) is 4.98 Å². The number of ether oxygens (including phenoxy) is 1. The van der Waals surface area contributed by atoms with E-state index in [1.165, 1.54) is 10.9 Å². The summed E-state index contributed by atoms with van der Waals surface area (Å²) in [5, 5.41) is 16.1. The lowest BCUT2D eigenvalue weighted by atomic mass is 10.1. The van der Waals surface area contributed by atoms with Crippen molar-refractivity contribution >= 4 is 11.7 Å². The molecule has 0 bridgehead atoms. The molecule has 7 heteroatoms. The fraction of sp³-hybridized carbons (Fsp3) is 0.158. The third-order valence-electron chi connectivity index (χ3n) is 3.58. The molecule has 0 aliphatic heterocycles. The Labute approximate surface area is 150 Å². The van der Waals surface area contributed by atoms with Gasteiger partial charge in [0.25, 0.3) is 5.91 Å². The lowest BCUT2D eigenvalue weighted by Gasteiger charge is -2.10. The van der Waals surface area contributed by atoms with Crippen molar-refractivity contribution in [2.24, 2.45) is 0 Å². The molecule has 0 saturated carbocycles. The summed E-state index contributed by atoms with van der Waals surface area (Å²) in [6.07, 6.45) is 2.99. The first-order valence-corrected chi connectivity index (χ1v) is 7.97. The first kappa shape index (κ1) is 17.2. The smallest absolute Gasteiger partial charge is 0.263 e. The van der Waals surface area contributed by atoms with Crippen molar-refractivity contribution in [3.05, 3.63) is 65.5 Å². The van der Waals surface area contributed by atoms with Gasteiger partial charge in [-0.3, -0.25) is 4.79 Å². The van der Waals surface area contributed by atoms with Crippen LogP contribution in [0.15, 0.2) is 48.8 Å². The summed E-state index contributed by atoms with van der Waals surface area (Å²) in [6.45, 7) is 3.75. The van der Waals surface area contributed by atoms with E-state index in [9.17, 15) is 10.1 Å². The van der Waals surface area contributed by atoms with Crippen molar-refractivity contribution in [3.63, 3.8) is 0 Å². The number of aryl methyl sites for hydroxylation is 2. The summed E-state index contributed by atoms with van der Waals surface area (Å²) in [7, 11) is 0. The molecule has 2 aromatic heterocycles. The maximum atomic E-state index is 12.3. The van der Waals surface area contributed by atoms with Gasteiger partial charge in [-0.15, -0.1) is 0 Å². The van der Waals surface area contributed by atoms with Crippen LogP contribution in [0.4, 0.5) is 5.82 Å². The van der Waals surface area contributed by atoms with Crippen molar-refractivity contribution in [3.8, 4) is 17.6 Å². The molecule has 1 aromatic carbocycles. The molecular formula is C19H17N5O2. The second kappa shape index (κ2) is 7.49. The fourth-order valence-corrected chi connectivity index (χ4v) is 2.54. The van der Waals surface area contributed by atoms with E-state index in [2.05, 4.69) is 15.4 Å². The number of nitrogens with one attached hydrogen (secondary N) is 1. The largest absolute Gasteiger partial charge is 0.484 e. The van der Waals surface area contributed by atoms with Crippen LogP contribution in [0.5, 0.6) is 5.75 Å². The average molecular weight is 347 g/mol. The minimum atomic E-state index is -0.390. The van der Waals surface area contributed by atoms with E-state index < -0.39 is 5.91 Å². The average Bonchev–Trinajstić information content (AvgIpc) is 3.02. The van der Waals surface area contributed by atoms with Crippen LogP contribution < -0.4 is 10.1 Å². The Hall–Kier alpha value is -3.66. The van der Waals surface area contributed by atoms with E-state index in [1.54, 1.807) is 24.4 Å². The zero-order valence-electron chi connectivity index (χ0n) is 14.4. The first-order valence-electron chi connectivity index (χ1n) is 7.97. The zero-order chi connectivity index (χ0) is 18.5. The molecule has 0 spiro atoms. The standard InChI is InChI=1S/C19H17N5O2/c1-13-7-14(2)9-16(8-13)26-12-18(25)23-19-15(10-20)11-22-24(19)17-5-3-4-6-21-17/h3-9,11H,12H2,1-2H3,(H,23,25). The van der Waals surface area contributed by atoms with Crippen LogP contribution in [0, 0.1) is 25.2 Å². The number of amides is 1. The molecule has 0 unspecified atom stereocenters. The molecule has 0 radical (unpaired) electrons. The number of pyridine rings is 1. The maximum absolute atomic E-state index is 12.3. The Morgan fingerprint density at radius 2 is 2.04 bits per heavy atom. The Morgan fingerprint density at radius 3 is 2.69 bits per heavy atom. The van der Waals surface area contributed by atoms with Gasteiger partial charge in [0, 0.05) is 6.20 Å². The van der Waals surface area contributed by atoms with E-state index in [0.29, 0.717) is 11.6 Å². The van der Waals surface area contributed by atoms with Crippen LogP contribution in [0.25, 0.3) is 5.82 Å². The van der Waals surface area contributed by atoms with E-state index in [1.807, 2.05) is 38.1 Å². The van der Waals surface area contributed by atoms with Crippen molar-refractivity contribution in [2.75, 3.05) is 11.9 Å². The highest BCUT2D eigenvalue weighted by atomic mass is 16.5. The van der Waals surface area contributed by atoms with E-state index in [0.717, 1.165) is 11.1 Å². The first-order chi connectivity index (χ1) is 12.6. The normalized spacial score (nSPS) is 10.2. The van der Waals surface area contributed by atoms with Crippen LogP contribution in [-0.4, -0.2) is 27.3 Å². The number of hydrogen-bond acceptors (Lipinski definition) is 5. The third kappa shape index (κ3) is 3.87. The molecule has 26 heavy (non-hydrogen) atoms. The summed E-state index contributed by atoms with van der Waals surface area (Å²) >= 11 is 0. The van der Waals surface area contributed by atoms with Gasteiger partial charge in [0.1, 0.15) is 17.4 Å². The zero-order valence-corrected chi connectivity index (χ0v) is 14.4. The minimum Gasteiger partial charge on any atom is -0.484 e. The second-order valence-corrected chi connectivity index (χ2v) is 5.78. The highest BCUT2D eigenvalue weighted by Gasteiger charge is 2.16. The second-order valence-electron chi connectivity index (χ2n) is 5.78. The summed E-state index contributed by atoms with van der Waals surface area (Å²) in [6, 6.07) is 13.1. The fourth-order valence-electron chi connectivity index (χ4n) is 2.54. The molecule has 0 aliphatic carbocycles. The summed E-state index contributed by atoms with van der Waals surface area (Å²) in [5.41, 5.74) is 2.36. The molecule has 0 aliphatic rings. The van der Waals surface area contributed by atoms with Crippen LogP contribution >= 0.6 is 0 Å². The van der Waals surface area contributed by atoms with Gasteiger partial charge in [0.05, 0.1) is 6.20 Å². The molecule has 1 amide bonds. The Bertz CT molecular complexity index is 953. The lowest BCUT2D eigenvalue weighted by molar-refractivity contribution is -0.118. The SMILES string of the molecule is Cc1cc(C)cc(OCC(=O)Nc2c(C#N)cnn2-c2ccccn2)c1. The van der Waals surface area contributed by atoms with Crippen LogP contribution in [0.1, 0.15) is 16.7 Å². The molecular weight excluding hydrogens is 330 g/mol. The molecule has 130 valence electrons. The highest BCUT2D eigenvalue weighted by molar-refractivity contribution is 5.92. The van der Waals surface area contributed by atoms with Gasteiger partial charge in [-0.2, -0.15) is 15.0 Å². The van der Waals surface area contributed by atoms with E-state index in [4.69, 9.17) is 4.74 Å². The summed E-state index contributed by atoms with van der Waals surface area (Å²) < 4.78 is 6.97. The molecule has 1 N–H and O–H groups in total. The minimum absolute atomic E-state index is 0.179. The Morgan fingerprint density at radius 1 is 1.27 bits per heavy atom. The quantitative estimate of drug-likeness (QED) is 0.766. The number of carbonyl (C=O) groups is 1. The maximum Gasteiger partial charge on any atom is 0.263 e. The van der Waals surface area contributed by atoms with Crippen molar-refractivity contribution < 1.29 is 9.53 Å². The molecule has 2 heterocycles. The molecule has 0 fully saturated rings. The number of nitriles is 1.